The predicted octanol–water partition coefficient (Wildman–Crippen LogP) is 0.840. The van der Waals surface area contributed by atoms with E-state index in [4.69, 9.17) is 15.2 Å². The van der Waals surface area contributed by atoms with Crippen LogP contribution in [-0.2, 0) is 4.79 Å². The molecule has 0 aliphatic rings. The fourth-order valence-corrected chi connectivity index (χ4v) is 1.49. The quantitative estimate of drug-likeness (QED) is 0.770. The first-order chi connectivity index (χ1) is 8.08. The smallest absolute Gasteiger partial charge is 0.231 e. The number of nitrogens with two attached hydrogens (primary N) is 1. The zero-order valence-electron chi connectivity index (χ0n) is 10.3. The van der Waals surface area contributed by atoms with E-state index in [0.29, 0.717) is 11.5 Å². The molecule has 1 unspecified atom stereocenters. The molecule has 1 atom stereocenters. The molecule has 1 amide bonds. The number of ether oxygens (including phenoxy) is 2. The van der Waals surface area contributed by atoms with Gasteiger partial charge in [0, 0.05) is 6.04 Å². The maximum atomic E-state index is 10.7. The van der Waals surface area contributed by atoms with Gasteiger partial charge in [0.1, 0.15) is 0 Å². The van der Waals surface area contributed by atoms with Crippen LogP contribution in [0.5, 0.6) is 11.5 Å². The monoisotopic (exact) mass is 238 g/mol. The zero-order chi connectivity index (χ0) is 12.8. The molecular formula is C12H18N2O3. The molecule has 0 radical (unpaired) electrons. The maximum absolute atomic E-state index is 10.7. The summed E-state index contributed by atoms with van der Waals surface area (Å²) in [5.74, 6) is 0.966. The van der Waals surface area contributed by atoms with Gasteiger partial charge in [0.25, 0.3) is 0 Å². The molecule has 1 aromatic rings. The third kappa shape index (κ3) is 3.64. The summed E-state index contributed by atoms with van der Waals surface area (Å²) >= 11 is 0. The molecule has 0 saturated heterocycles. The molecule has 17 heavy (non-hydrogen) atoms. The Morgan fingerprint density at radius 2 is 2.00 bits per heavy atom. The molecule has 0 saturated carbocycles. The number of rotatable bonds is 6. The van der Waals surface area contributed by atoms with E-state index in [1.165, 1.54) is 0 Å². The highest BCUT2D eigenvalue weighted by Gasteiger charge is 2.10. The van der Waals surface area contributed by atoms with Crippen molar-refractivity contribution < 1.29 is 14.3 Å². The van der Waals surface area contributed by atoms with E-state index in [9.17, 15) is 4.79 Å². The van der Waals surface area contributed by atoms with Crippen molar-refractivity contribution >= 4 is 5.91 Å². The summed E-state index contributed by atoms with van der Waals surface area (Å²) in [7, 11) is 3.18. The molecule has 0 aromatic heterocycles. The van der Waals surface area contributed by atoms with Crippen LogP contribution < -0.4 is 20.5 Å². The molecule has 1 rings (SSSR count). The van der Waals surface area contributed by atoms with E-state index in [0.717, 1.165) is 5.56 Å². The standard InChI is InChI=1S/C12H18N2O3/c1-8(14-7-12(13)15)9-4-5-10(16-2)11(6-9)17-3/h4-6,8,14H,7H2,1-3H3,(H2,13,15). The number of benzene rings is 1. The Morgan fingerprint density at radius 3 is 2.53 bits per heavy atom. The molecule has 5 heteroatoms. The molecule has 0 bridgehead atoms. The molecule has 5 nitrogen and oxygen atoms in total. The van der Waals surface area contributed by atoms with Crippen LogP contribution in [0.1, 0.15) is 18.5 Å². The molecule has 0 aliphatic heterocycles. The zero-order valence-corrected chi connectivity index (χ0v) is 10.3. The lowest BCUT2D eigenvalue weighted by molar-refractivity contribution is -0.117. The van der Waals surface area contributed by atoms with Crippen molar-refractivity contribution in [1.82, 2.24) is 5.32 Å². The van der Waals surface area contributed by atoms with Crippen molar-refractivity contribution in [3.63, 3.8) is 0 Å². The van der Waals surface area contributed by atoms with Crippen LogP contribution in [0.15, 0.2) is 18.2 Å². The average Bonchev–Trinajstić information content (AvgIpc) is 2.34. The number of methoxy groups -OCH3 is 2. The Bertz CT molecular complexity index is 393. The van der Waals surface area contributed by atoms with E-state index in [-0.39, 0.29) is 18.5 Å². The van der Waals surface area contributed by atoms with E-state index in [1.54, 1.807) is 14.2 Å². The molecule has 0 heterocycles. The highest BCUT2D eigenvalue weighted by molar-refractivity contribution is 5.75. The minimum absolute atomic E-state index is 0.0160. The summed E-state index contributed by atoms with van der Waals surface area (Å²) in [5, 5.41) is 3.02. The SMILES string of the molecule is COc1ccc(C(C)NCC(N)=O)cc1OC. The predicted molar refractivity (Wildman–Crippen MR) is 65.2 cm³/mol. The molecule has 1 aromatic carbocycles. The normalized spacial score (nSPS) is 11.9. The Hall–Kier alpha value is -1.75. The first-order valence-electron chi connectivity index (χ1n) is 5.32. The topological polar surface area (TPSA) is 73.6 Å². The van der Waals surface area contributed by atoms with Gasteiger partial charge in [0.15, 0.2) is 11.5 Å². The number of nitrogens with one attached hydrogen (secondary N) is 1. The van der Waals surface area contributed by atoms with Gasteiger partial charge >= 0.3 is 0 Å². The van der Waals surface area contributed by atoms with Crippen LogP contribution in [-0.4, -0.2) is 26.7 Å². The lowest BCUT2D eigenvalue weighted by Gasteiger charge is -2.15. The Kier molecular flexibility index (Phi) is 4.78. The molecular weight excluding hydrogens is 220 g/mol. The molecule has 94 valence electrons. The Morgan fingerprint density at radius 1 is 1.35 bits per heavy atom. The lowest BCUT2D eigenvalue weighted by Crippen LogP contribution is -2.30. The number of carbonyl (C=O) groups excluding carboxylic acids is 1. The molecule has 0 fully saturated rings. The number of hydrogen-bond acceptors (Lipinski definition) is 4. The highest BCUT2D eigenvalue weighted by atomic mass is 16.5. The number of hydrogen-bond donors (Lipinski definition) is 2. The van der Waals surface area contributed by atoms with E-state index in [2.05, 4.69) is 5.32 Å². The van der Waals surface area contributed by atoms with Gasteiger partial charge in [0.05, 0.1) is 20.8 Å². The largest absolute Gasteiger partial charge is 0.493 e. The maximum Gasteiger partial charge on any atom is 0.231 e. The molecule has 0 spiro atoms. The van der Waals surface area contributed by atoms with Crippen LogP contribution in [0.3, 0.4) is 0 Å². The van der Waals surface area contributed by atoms with Crippen LogP contribution in [0.2, 0.25) is 0 Å². The first kappa shape index (κ1) is 13.3. The van der Waals surface area contributed by atoms with Crippen molar-refractivity contribution in [1.29, 1.82) is 0 Å². The number of primary amides is 1. The second-order valence-corrected chi connectivity index (χ2v) is 3.68. The van der Waals surface area contributed by atoms with Crippen LogP contribution in [0.4, 0.5) is 0 Å². The van der Waals surface area contributed by atoms with Crippen LogP contribution >= 0.6 is 0 Å². The number of carbonyl (C=O) groups is 1. The summed E-state index contributed by atoms with van der Waals surface area (Å²) in [5.41, 5.74) is 6.08. The molecule has 0 aliphatic carbocycles. The van der Waals surface area contributed by atoms with Crippen molar-refractivity contribution in [2.24, 2.45) is 5.73 Å². The van der Waals surface area contributed by atoms with Gasteiger partial charge < -0.3 is 20.5 Å². The third-order valence-electron chi connectivity index (χ3n) is 2.49. The highest BCUT2D eigenvalue weighted by Crippen LogP contribution is 2.29. The fraction of sp³-hybridized carbons (Fsp3) is 0.417. The van der Waals surface area contributed by atoms with Crippen molar-refractivity contribution in [3.05, 3.63) is 23.8 Å². The van der Waals surface area contributed by atoms with Gasteiger partial charge in [-0.25, -0.2) is 0 Å². The summed E-state index contributed by atoms with van der Waals surface area (Å²) in [6, 6.07) is 5.64. The van der Waals surface area contributed by atoms with Crippen molar-refractivity contribution in [3.8, 4) is 11.5 Å². The van der Waals surface area contributed by atoms with Gasteiger partial charge in [-0.3, -0.25) is 4.79 Å². The van der Waals surface area contributed by atoms with Gasteiger partial charge in [0.2, 0.25) is 5.91 Å². The van der Waals surface area contributed by atoms with Crippen molar-refractivity contribution in [2.45, 2.75) is 13.0 Å². The lowest BCUT2D eigenvalue weighted by atomic mass is 10.1. The summed E-state index contributed by atoms with van der Waals surface area (Å²) in [6.07, 6.45) is 0. The number of amides is 1. The van der Waals surface area contributed by atoms with E-state index < -0.39 is 0 Å². The van der Waals surface area contributed by atoms with Crippen LogP contribution in [0, 0.1) is 0 Å². The second-order valence-electron chi connectivity index (χ2n) is 3.68. The van der Waals surface area contributed by atoms with E-state index >= 15 is 0 Å². The van der Waals surface area contributed by atoms with Gasteiger partial charge in [-0.1, -0.05) is 6.07 Å². The minimum atomic E-state index is -0.377. The third-order valence-corrected chi connectivity index (χ3v) is 2.49. The molecule has 3 N–H and O–H groups in total. The van der Waals surface area contributed by atoms with Gasteiger partial charge in [-0.15, -0.1) is 0 Å². The van der Waals surface area contributed by atoms with E-state index in [1.807, 2.05) is 25.1 Å². The van der Waals surface area contributed by atoms with Gasteiger partial charge in [-0.05, 0) is 24.6 Å². The van der Waals surface area contributed by atoms with Crippen LogP contribution in [0.25, 0.3) is 0 Å². The minimum Gasteiger partial charge on any atom is -0.493 e. The summed E-state index contributed by atoms with van der Waals surface area (Å²) < 4.78 is 10.4. The van der Waals surface area contributed by atoms with Gasteiger partial charge in [-0.2, -0.15) is 0 Å². The van der Waals surface area contributed by atoms with Crippen molar-refractivity contribution in [2.75, 3.05) is 20.8 Å². The average molecular weight is 238 g/mol. The fourth-order valence-electron chi connectivity index (χ4n) is 1.49. The summed E-state index contributed by atoms with van der Waals surface area (Å²) in [4.78, 5) is 10.7. The second kappa shape index (κ2) is 6.10. The first-order valence-corrected chi connectivity index (χ1v) is 5.32. The Balaban J connectivity index is 2.80. The Labute approximate surface area is 101 Å². The summed E-state index contributed by atoms with van der Waals surface area (Å²) in [6.45, 7) is 2.10.